The van der Waals surface area contributed by atoms with Crippen LogP contribution < -0.4 is 16.0 Å². The molecule has 7 nitrogen and oxygen atoms in total. The highest BCUT2D eigenvalue weighted by molar-refractivity contribution is 6.18. The maximum atomic E-state index is 13.4. The summed E-state index contributed by atoms with van der Waals surface area (Å²) in [7, 11) is 0. The number of ether oxygens (including phenoxy) is 1. The van der Waals surface area contributed by atoms with Crippen LogP contribution in [0.3, 0.4) is 0 Å². The van der Waals surface area contributed by atoms with Gasteiger partial charge in [0, 0.05) is 16.9 Å². The number of hydrogen-bond acceptors (Lipinski definition) is 6. The molecule has 142 valence electrons. The summed E-state index contributed by atoms with van der Waals surface area (Å²) in [6.45, 7) is -0.123. The van der Waals surface area contributed by atoms with Gasteiger partial charge in [0.2, 0.25) is 5.91 Å². The van der Waals surface area contributed by atoms with Crippen molar-refractivity contribution in [2.75, 3.05) is 16.8 Å². The summed E-state index contributed by atoms with van der Waals surface area (Å²) in [6.07, 6.45) is 0. The Balaban J connectivity index is 1.86. The fraction of sp³-hybridized carbons (Fsp3) is 0.0952. The van der Waals surface area contributed by atoms with E-state index in [2.05, 4.69) is 5.32 Å². The molecule has 0 unspecified atom stereocenters. The summed E-state index contributed by atoms with van der Waals surface area (Å²) in [5.41, 5.74) is 6.44. The lowest BCUT2D eigenvalue weighted by Crippen LogP contribution is -2.48. The molecule has 1 spiro atoms. The average Bonchev–Trinajstić information content (AvgIpc) is 3.22. The molecule has 0 saturated heterocycles. The maximum Gasteiger partial charge on any atom is 0.338 e. The van der Waals surface area contributed by atoms with Crippen molar-refractivity contribution in [1.29, 1.82) is 5.26 Å². The number of para-hydroxylation sites is 1. The van der Waals surface area contributed by atoms with Crippen LogP contribution in [0.2, 0.25) is 0 Å². The van der Waals surface area contributed by atoms with Gasteiger partial charge in [-0.1, -0.05) is 18.2 Å². The summed E-state index contributed by atoms with van der Waals surface area (Å²) in [5, 5.41) is 12.8. The number of carbonyl (C=O) groups is 2. The van der Waals surface area contributed by atoms with Gasteiger partial charge >= 0.3 is 5.97 Å². The van der Waals surface area contributed by atoms with Gasteiger partial charge < -0.3 is 15.8 Å². The summed E-state index contributed by atoms with van der Waals surface area (Å²) in [6, 6.07) is 14.3. The Morgan fingerprint density at radius 3 is 2.62 bits per heavy atom. The van der Waals surface area contributed by atoms with Gasteiger partial charge in [-0.15, -0.1) is 0 Å². The van der Waals surface area contributed by atoms with E-state index in [4.69, 9.17) is 10.5 Å². The van der Waals surface area contributed by atoms with Crippen molar-refractivity contribution in [2.24, 2.45) is 5.73 Å². The number of esters is 1. The van der Waals surface area contributed by atoms with Crippen molar-refractivity contribution in [1.82, 2.24) is 0 Å². The number of benzene rings is 2. The van der Waals surface area contributed by atoms with Gasteiger partial charge in [-0.2, -0.15) is 5.26 Å². The van der Waals surface area contributed by atoms with E-state index in [1.54, 1.807) is 24.3 Å². The highest BCUT2D eigenvalue weighted by Crippen LogP contribution is 2.54. The van der Waals surface area contributed by atoms with Gasteiger partial charge in [0.15, 0.2) is 0 Å². The number of hydrogen-bond donors (Lipinski definition) is 2. The van der Waals surface area contributed by atoms with Crippen LogP contribution in [-0.4, -0.2) is 18.5 Å². The van der Waals surface area contributed by atoms with Crippen LogP contribution in [0.25, 0.3) is 0 Å². The smallest absolute Gasteiger partial charge is 0.338 e. The van der Waals surface area contributed by atoms with E-state index in [-0.39, 0.29) is 23.6 Å². The van der Waals surface area contributed by atoms with E-state index in [9.17, 15) is 19.2 Å². The number of nitrogens with two attached hydrogens (primary N) is 1. The number of nitrogens with zero attached hydrogens (tertiary/aromatic N) is 2. The molecule has 0 saturated carbocycles. The van der Waals surface area contributed by atoms with Crippen LogP contribution in [-0.2, 0) is 19.7 Å². The SMILES string of the molecule is N#CC1=C(N)N(c2ccc(F)cc2)C2=C(C(=O)OC2)[C@@]12C(=O)Nc1ccccc12. The number of nitriles is 1. The summed E-state index contributed by atoms with van der Waals surface area (Å²) >= 11 is 0. The molecule has 3 aliphatic rings. The first-order valence-corrected chi connectivity index (χ1v) is 8.78. The number of carbonyl (C=O) groups excluding carboxylic acids is 2. The lowest BCUT2D eigenvalue weighted by molar-refractivity contribution is -0.137. The number of nitrogens with one attached hydrogen (secondary N) is 1. The molecule has 2 aromatic rings. The molecule has 0 aliphatic carbocycles. The maximum absolute atomic E-state index is 13.4. The van der Waals surface area contributed by atoms with Crippen molar-refractivity contribution >= 4 is 23.3 Å². The molecule has 0 aromatic heterocycles. The predicted octanol–water partition coefficient (Wildman–Crippen LogP) is 2.04. The van der Waals surface area contributed by atoms with E-state index in [0.29, 0.717) is 22.6 Å². The van der Waals surface area contributed by atoms with Crippen LogP contribution in [0, 0.1) is 17.1 Å². The van der Waals surface area contributed by atoms with Crippen LogP contribution >= 0.6 is 0 Å². The first kappa shape index (κ1) is 17.0. The van der Waals surface area contributed by atoms with Gasteiger partial charge in [0.05, 0.1) is 16.8 Å². The second kappa shape index (κ2) is 5.69. The minimum absolute atomic E-state index is 0.0111. The van der Waals surface area contributed by atoms with Crippen LogP contribution in [0.15, 0.2) is 71.2 Å². The fourth-order valence-corrected chi connectivity index (χ4v) is 4.30. The van der Waals surface area contributed by atoms with Crippen molar-refractivity contribution in [2.45, 2.75) is 5.41 Å². The molecule has 0 fully saturated rings. The predicted molar refractivity (Wildman–Crippen MR) is 100 cm³/mol. The van der Waals surface area contributed by atoms with Gasteiger partial charge in [-0.3, -0.25) is 9.69 Å². The lowest BCUT2D eigenvalue weighted by Gasteiger charge is -2.38. The average molecular weight is 388 g/mol. The Bertz CT molecular complexity index is 1210. The number of rotatable bonds is 1. The molecular weight excluding hydrogens is 375 g/mol. The Kier molecular flexibility index (Phi) is 3.34. The van der Waals surface area contributed by atoms with Gasteiger partial charge in [0.25, 0.3) is 0 Å². The summed E-state index contributed by atoms with van der Waals surface area (Å²) in [4.78, 5) is 27.5. The topological polar surface area (TPSA) is 108 Å². The molecule has 5 rings (SSSR count). The Hall–Kier alpha value is -4.12. The molecule has 0 radical (unpaired) electrons. The molecule has 1 atom stereocenters. The first-order chi connectivity index (χ1) is 14.0. The zero-order valence-corrected chi connectivity index (χ0v) is 14.9. The zero-order chi connectivity index (χ0) is 20.3. The van der Waals surface area contributed by atoms with Crippen molar-refractivity contribution in [3.8, 4) is 6.07 Å². The van der Waals surface area contributed by atoms with Crippen molar-refractivity contribution < 1.29 is 18.7 Å². The number of fused-ring (bicyclic) bond motifs is 3. The van der Waals surface area contributed by atoms with E-state index < -0.39 is 23.1 Å². The largest absolute Gasteiger partial charge is 0.456 e. The first-order valence-electron chi connectivity index (χ1n) is 8.78. The van der Waals surface area contributed by atoms with Gasteiger partial charge in [-0.05, 0) is 30.3 Å². The standard InChI is InChI=1S/C21H13FN4O3/c22-11-5-7-12(8-6-11)26-16-10-29-19(27)17(16)21(14(9-23)18(26)24)13-3-1-2-4-15(13)25-20(21)28/h1-8H,10,24H2,(H,25,28)/t21-/m0/s1. The molecule has 1 amide bonds. The minimum Gasteiger partial charge on any atom is -0.456 e. The monoisotopic (exact) mass is 388 g/mol. The minimum atomic E-state index is -1.69. The van der Waals surface area contributed by atoms with E-state index in [0.717, 1.165) is 0 Å². The number of cyclic esters (lactones) is 1. The molecule has 3 N–H and O–H groups in total. The fourth-order valence-electron chi connectivity index (χ4n) is 4.30. The third-order valence-electron chi connectivity index (χ3n) is 5.47. The Labute approximate surface area is 164 Å². The Morgan fingerprint density at radius 2 is 1.90 bits per heavy atom. The van der Waals surface area contributed by atoms with Gasteiger partial charge in [-0.25, -0.2) is 9.18 Å². The molecule has 3 heterocycles. The second-order valence-electron chi connectivity index (χ2n) is 6.83. The third-order valence-corrected chi connectivity index (χ3v) is 5.47. The number of halogens is 1. The van der Waals surface area contributed by atoms with Crippen LogP contribution in [0.5, 0.6) is 0 Å². The zero-order valence-electron chi connectivity index (χ0n) is 14.9. The normalized spacial score (nSPS) is 22.4. The number of amides is 1. The quantitative estimate of drug-likeness (QED) is 0.724. The van der Waals surface area contributed by atoms with Crippen molar-refractivity contribution in [3.63, 3.8) is 0 Å². The third kappa shape index (κ3) is 1.99. The van der Waals surface area contributed by atoms with E-state index in [1.807, 2.05) is 6.07 Å². The van der Waals surface area contributed by atoms with E-state index >= 15 is 0 Å². The summed E-state index contributed by atoms with van der Waals surface area (Å²) in [5.74, 6) is -1.69. The number of anilines is 2. The molecular formula is C21H13FN4O3. The molecule has 8 heteroatoms. The highest BCUT2D eigenvalue weighted by Gasteiger charge is 2.61. The molecule has 3 aliphatic heterocycles. The summed E-state index contributed by atoms with van der Waals surface area (Å²) < 4.78 is 18.7. The van der Waals surface area contributed by atoms with Crippen LogP contribution in [0.1, 0.15) is 5.56 Å². The lowest BCUT2D eigenvalue weighted by atomic mass is 9.67. The highest BCUT2D eigenvalue weighted by atomic mass is 19.1. The molecule has 29 heavy (non-hydrogen) atoms. The molecule has 0 bridgehead atoms. The Morgan fingerprint density at radius 1 is 1.17 bits per heavy atom. The van der Waals surface area contributed by atoms with Crippen LogP contribution in [0.4, 0.5) is 15.8 Å². The van der Waals surface area contributed by atoms with Gasteiger partial charge in [0.1, 0.15) is 29.7 Å². The molecule has 2 aromatic carbocycles. The second-order valence-corrected chi connectivity index (χ2v) is 6.83. The van der Waals surface area contributed by atoms with Crippen molar-refractivity contribution in [3.05, 3.63) is 82.6 Å². The van der Waals surface area contributed by atoms with E-state index in [1.165, 1.54) is 29.2 Å².